The van der Waals surface area contributed by atoms with Crippen LogP contribution in [0.25, 0.3) is 93.1 Å². The Labute approximate surface area is 257 Å². The fourth-order valence-corrected chi connectivity index (χ4v) is 8.50. The van der Waals surface area contributed by atoms with Crippen molar-refractivity contribution >= 4 is 76.2 Å². The zero-order chi connectivity index (χ0) is 28.8. The lowest BCUT2D eigenvalue weighted by molar-refractivity contribution is 1.18. The van der Waals surface area contributed by atoms with Gasteiger partial charge in [-0.1, -0.05) is 91.0 Å². The maximum absolute atomic E-state index is 4.67. The summed E-state index contributed by atoms with van der Waals surface area (Å²) < 4.78 is 5.01. The van der Waals surface area contributed by atoms with E-state index in [0.717, 1.165) is 11.4 Å². The van der Waals surface area contributed by atoms with Gasteiger partial charge in [-0.3, -0.25) is 0 Å². The van der Waals surface area contributed by atoms with Gasteiger partial charge in [0.1, 0.15) is 0 Å². The van der Waals surface area contributed by atoms with Gasteiger partial charge in [0.2, 0.25) is 0 Å². The minimum absolute atomic E-state index is 0.753. The molecule has 4 heteroatoms. The number of aromatic nitrogens is 3. The molecule has 1 aliphatic rings. The van der Waals surface area contributed by atoms with Crippen molar-refractivity contribution in [1.82, 2.24) is 14.5 Å². The van der Waals surface area contributed by atoms with Gasteiger partial charge in [0, 0.05) is 54.3 Å². The molecule has 0 radical (unpaired) electrons. The summed E-state index contributed by atoms with van der Waals surface area (Å²) in [5, 5.41) is 7.62. The first kappa shape index (κ1) is 23.9. The van der Waals surface area contributed by atoms with Crippen LogP contribution in [0.5, 0.6) is 0 Å². The molecule has 0 saturated carbocycles. The molecule has 0 saturated heterocycles. The highest BCUT2D eigenvalue weighted by atomic mass is 32.1. The van der Waals surface area contributed by atoms with Gasteiger partial charge in [0.25, 0.3) is 0 Å². The zero-order valence-corrected chi connectivity index (χ0v) is 24.3. The van der Waals surface area contributed by atoms with Crippen molar-refractivity contribution in [1.29, 1.82) is 0 Å². The van der Waals surface area contributed by atoms with Crippen molar-refractivity contribution in [2.24, 2.45) is 0 Å². The summed E-state index contributed by atoms with van der Waals surface area (Å²) in [6.07, 6.45) is 8.22. The van der Waals surface area contributed by atoms with Crippen LogP contribution in [0.2, 0.25) is 0 Å². The highest BCUT2D eigenvalue weighted by Gasteiger charge is 2.24. The molecular weight excluding hydrogens is 555 g/mol. The van der Waals surface area contributed by atoms with E-state index in [1.54, 1.807) is 0 Å². The van der Waals surface area contributed by atoms with Crippen LogP contribution in [0.3, 0.4) is 0 Å². The van der Waals surface area contributed by atoms with E-state index in [4.69, 9.17) is 0 Å². The molecule has 9 aromatic rings. The van der Waals surface area contributed by atoms with E-state index in [9.17, 15) is 0 Å². The van der Waals surface area contributed by atoms with Crippen LogP contribution < -0.4 is 0 Å². The van der Waals surface area contributed by atoms with E-state index in [0.29, 0.717) is 0 Å². The smallest absolute Gasteiger partial charge is 0.159 e. The average molecular weight is 578 g/mol. The van der Waals surface area contributed by atoms with Gasteiger partial charge in [-0.25, -0.2) is 9.97 Å². The molecule has 0 fully saturated rings. The Morgan fingerprint density at radius 2 is 1.34 bits per heavy atom. The Hall–Kier alpha value is -5.58. The van der Waals surface area contributed by atoms with E-state index in [1.165, 1.54) is 80.7 Å². The number of nitrogens with zero attached hydrogens (tertiary/aromatic N) is 3. The number of hydrogen-bond donors (Lipinski definition) is 0. The molecule has 0 spiro atoms. The van der Waals surface area contributed by atoms with E-state index in [2.05, 4.69) is 136 Å². The largest absolute Gasteiger partial charge is 0.308 e. The van der Waals surface area contributed by atoms with E-state index in [-0.39, 0.29) is 0 Å². The fraction of sp³-hybridized carbons (Fsp3) is 0. The minimum Gasteiger partial charge on any atom is -0.308 e. The van der Waals surface area contributed by atoms with Crippen molar-refractivity contribution in [3.05, 3.63) is 139 Å². The van der Waals surface area contributed by atoms with Gasteiger partial charge in [-0.15, -0.1) is 11.3 Å². The van der Waals surface area contributed by atoms with Crippen LogP contribution in [-0.4, -0.2) is 14.5 Å². The Kier molecular flexibility index (Phi) is 4.87. The summed E-state index contributed by atoms with van der Waals surface area (Å²) in [5.41, 5.74) is 9.67. The summed E-state index contributed by atoms with van der Waals surface area (Å²) in [4.78, 5) is 9.35. The quantitative estimate of drug-likeness (QED) is 0.205. The Morgan fingerprint density at radius 3 is 2.25 bits per heavy atom. The lowest BCUT2D eigenvalue weighted by Crippen LogP contribution is -1.96. The molecular formula is C40H23N3S. The fourth-order valence-electron chi connectivity index (χ4n) is 7.23. The van der Waals surface area contributed by atoms with Crippen LogP contribution in [0, 0.1) is 0 Å². The molecule has 6 aromatic carbocycles. The monoisotopic (exact) mass is 577 g/mol. The van der Waals surface area contributed by atoms with Crippen LogP contribution in [0.4, 0.5) is 0 Å². The Balaban J connectivity index is 1.46. The lowest BCUT2D eigenvalue weighted by atomic mass is 9.91. The van der Waals surface area contributed by atoms with Crippen molar-refractivity contribution in [3.63, 3.8) is 0 Å². The first-order valence-electron chi connectivity index (χ1n) is 14.8. The number of benzene rings is 6. The molecule has 0 atom stereocenters. The third-order valence-electron chi connectivity index (χ3n) is 9.04. The summed E-state index contributed by atoms with van der Waals surface area (Å²) in [7, 11) is 0. The van der Waals surface area contributed by atoms with Gasteiger partial charge in [0.15, 0.2) is 5.82 Å². The SMILES string of the molecule is C1=Cc2cc3c(cc(-c4ccccc4)c4c3sc3cccc(-c5ncccn5)c34)c3c4ccccc4n(c23)-c2ccccc21. The van der Waals surface area contributed by atoms with E-state index in [1.807, 2.05) is 29.8 Å². The Bertz CT molecular complexity index is 2640. The third kappa shape index (κ3) is 3.20. The van der Waals surface area contributed by atoms with Crippen molar-refractivity contribution in [3.8, 4) is 28.2 Å². The zero-order valence-electron chi connectivity index (χ0n) is 23.5. The number of hydrogen-bond acceptors (Lipinski definition) is 3. The first-order valence-corrected chi connectivity index (χ1v) is 15.7. The molecule has 10 rings (SSSR count). The first-order chi connectivity index (χ1) is 21.8. The lowest BCUT2D eigenvalue weighted by Gasteiger charge is -2.13. The van der Waals surface area contributed by atoms with E-state index < -0.39 is 0 Å². The molecule has 3 aromatic heterocycles. The van der Waals surface area contributed by atoms with Crippen LogP contribution in [-0.2, 0) is 0 Å². The molecule has 44 heavy (non-hydrogen) atoms. The summed E-state index contributed by atoms with van der Waals surface area (Å²) in [6, 6.07) is 41.7. The second kappa shape index (κ2) is 8.96. The van der Waals surface area contributed by atoms with Crippen molar-refractivity contribution < 1.29 is 0 Å². The maximum atomic E-state index is 4.67. The van der Waals surface area contributed by atoms with Crippen LogP contribution in [0.1, 0.15) is 11.1 Å². The molecule has 0 unspecified atom stereocenters. The van der Waals surface area contributed by atoms with Crippen molar-refractivity contribution in [2.45, 2.75) is 0 Å². The number of rotatable bonds is 2. The average Bonchev–Trinajstić information content (AvgIpc) is 3.60. The molecule has 3 nitrogen and oxygen atoms in total. The van der Waals surface area contributed by atoms with Gasteiger partial charge < -0.3 is 4.57 Å². The topological polar surface area (TPSA) is 30.7 Å². The number of para-hydroxylation sites is 2. The normalized spacial score (nSPS) is 12.5. The summed E-state index contributed by atoms with van der Waals surface area (Å²) >= 11 is 1.87. The number of thiophene rings is 1. The van der Waals surface area contributed by atoms with Crippen molar-refractivity contribution in [2.75, 3.05) is 0 Å². The third-order valence-corrected chi connectivity index (χ3v) is 10.2. The minimum atomic E-state index is 0.753. The Morgan fingerprint density at radius 1 is 0.545 bits per heavy atom. The molecule has 0 aliphatic carbocycles. The molecule has 4 heterocycles. The maximum Gasteiger partial charge on any atom is 0.159 e. The second-order valence-electron chi connectivity index (χ2n) is 11.4. The molecule has 204 valence electrons. The van der Waals surface area contributed by atoms with Crippen LogP contribution in [0.15, 0.2) is 128 Å². The van der Waals surface area contributed by atoms with Gasteiger partial charge in [0.05, 0.1) is 16.7 Å². The molecule has 0 N–H and O–H groups in total. The predicted molar refractivity (Wildman–Crippen MR) is 187 cm³/mol. The van der Waals surface area contributed by atoms with Crippen LogP contribution >= 0.6 is 11.3 Å². The standard InChI is InChI=1S/C40H23N3S/c1-2-10-24(11-3-1)29-23-30-31(39-37(29)36-28(14-8-17-34(36)44-39)40-41-20-9-21-42-40)22-26-19-18-25-12-4-6-15-32(25)43-33-16-7-5-13-27(33)35(30)38(26)43/h1-23H. The summed E-state index contributed by atoms with van der Waals surface area (Å²) in [6.45, 7) is 0. The molecule has 0 bridgehead atoms. The van der Waals surface area contributed by atoms with Gasteiger partial charge in [-0.2, -0.15) is 0 Å². The van der Waals surface area contributed by atoms with Gasteiger partial charge in [-0.05, 0) is 64.0 Å². The number of fused-ring (bicyclic) bond motifs is 11. The van der Waals surface area contributed by atoms with E-state index >= 15 is 0 Å². The highest BCUT2D eigenvalue weighted by molar-refractivity contribution is 7.27. The summed E-state index contributed by atoms with van der Waals surface area (Å²) in [5.74, 6) is 0.753. The van der Waals surface area contributed by atoms with Gasteiger partial charge >= 0.3 is 0 Å². The predicted octanol–water partition coefficient (Wildman–Crippen LogP) is 10.9. The molecule has 0 amide bonds. The second-order valence-corrected chi connectivity index (χ2v) is 12.4. The molecule has 1 aliphatic heterocycles. The highest BCUT2D eigenvalue weighted by Crippen LogP contribution is 2.50.